The van der Waals surface area contributed by atoms with E-state index in [2.05, 4.69) is 24.1 Å². The molecule has 2 heterocycles. The van der Waals surface area contributed by atoms with E-state index in [9.17, 15) is 9.90 Å². The summed E-state index contributed by atoms with van der Waals surface area (Å²) in [6, 6.07) is 7.16. The molecule has 0 radical (unpaired) electrons. The minimum absolute atomic E-state index is 0.00864. The zero-order valence-electron chi connectivity index (χ0n) is 14.0. The number of nitrogens with zero attached hydrogens (tertiary/aromatic N) is 2. The van der Waals surface area contributed by atoms with Gasteiger partial charge in [0.25, 0.3) is 0 Å². The zero-order chi connectivity index (χ0) is 17.1. The van der Waals surface area contributed by atoms with Crippen molar-refractivity contribution >= 4 is 11.7 Å². The Morgan fingerprint density at radius 2 is 2.17 bits per heavy atom. The summed E-state index contributed by atoms with van der Waals surface area (Å²) < 4.78 is 5.73. The van der Waals surface area contributed by atoms with Gasteiger partial charge in [-0.1, -0.05) is 13.8 Å². The smallest absolute Gasteiger partial charge is 0.322 e. The van der Waals surface area contributed by atoms with E-state index in [1.54, 1.807) is 11.1 Å². The summed E-state index contributed by atoms with van der Waals surface area (Å²) in [4.78, 5) is 18.3. The van der Waals surface area contributed by atoms with E-state index in [1.165, 1.54) is 0 Å². The van der Waals surface area contributed by atoms with E-state index in [1.807, 2.05) is 24.3 Å². The number of rotatable bonds is 4. The van der Waals surface area contributed by atoms with Gasteiger partial charge in [-0.15, -0.1) is 0 Å². The number of hydrogen-bond acceptors (Lipinski definition) is 4. The molecule has 1 fully saturated rings. The molecule has 6 heteroatoms. The first kappa shape index (κ1) is 16.5. The van der Waals surface area contributed by atoms with Crippen molar-refractivity contribution < 1.29 is 14.3 Å². The number of aromatic nitrogens is 1. The molecule has 6 nitrogen and oxygen atoms in total. The fourth-order valence-corrected chi connectivity index (χ4v) is 2.87. The van der Waals surface area contributed by atoms with Crippen molar-refractivity contribution in [3.8, 4) is 11.5 Å². The first-order chi connectivity index (χ1) is 11.6. The SMILES string of the molecule is CC(C)c1cnc(-c2ccc(NC(=O)N3CCC[C@H]3CO)cc2)o1. The lowest BCUT2D eigenvalue weighted by Gasteiger charge is -2.23. The summed E-state index contributed by atoms with van der Waals surface area (Å²) in [5.41, 5.74) is 1.58. The van der Waals surface area contributed by atoms with Crippen LogP contribution in [0.3, 0.4) is 0 Å². The number of hydrogen-bond donors (Lipinski definition) is 2. The number of anilines is 1. The van der Waals surface area contributed by atoms with Crippen molar-refractivity contribution in [1.29, 1.82) is 0 Å². The van der Waals surface area contributed by atoms with Crippen LogP contribution in [0.2, 0.25) is 0 Å². The fraction of sp³-hybridized carbons (Fsp3) is 0.444. The van der Waals surface area contributed by atoms with Gasteiger partial charge in [-0.2, -0.15) is 0 Å². The second-order valence-electron chi connectivity index (χ2n) is 6.40. The van der Waals surface area contributed by atoms with Gasteiger partial charge in [0.1, 0.15) is 5.76 Å². The van der Waals surface area contributed by atoms with Crippen molar-refractivity contribution in [1.82, 2.24) is 9.88 Å². The molecule has 1 aliphatic rings. The highest BCUT2D eigenvalue weighted by molar-refractivity contribution is 5.90. The van der Waals surface area contributed by atoms with Crippen LogP contribution in [0.1, 0.15) is 38.4 Å². The zero-order valence-corrected chi connectivity index (χ0v) is 14.0. The largest absolute Gasteiger partial charge is 0.441 e. The van der Waals surface area contributed by atoms with Crippen molar-refractivity contribution in [3.63, 3.8) is 0 Å². The molecule has 0 bridgehead atoms. The molecule has 0 spiro atoms. The third-order valence-electron chi connectivity index (χ3n) is 4.32. The molecule has 1 atom stereocenters. The molecule has 1 saturated heterocycles. The Balaban J connectivity index is 1.67. The van der Waals surface area contributed by atoms with Gasteiger partial charge in [0.15, 0.2) is 0 Å². The molecular weight excluding hydrogens is 306 g/mol. The molecular formula is C18H23N3O3. The average Bonchev–Trinajstić information content (AvgIpc) is 3.24. The van der Waals surface area contributed by atoms with Gasteiger partial charge < -0.3 is 19.7 Å². The third kappa shape index (κ3) is 3.43. The number of likely N-dealkylation sites (tertiary alicyclic amines) is 1. The normalized spacial score (nSPS) is 17.5. The van der Waals surface area contributed by atoms with Gasteiger partial charge in [-0.3, -0.25) is 0 Å². The Labute approximate surface area is 141 Å². The highest BCUT2D eigenvalue weighted by Crippen LogP contribution is 2.25. The van der Waals surface area contributed by atoms with E-state index in [0.717, 1.165) is 24.2 Å². The second kappa shape index (κ2) is 7.05. The molecule has 0 saturated carbocycles. The van der Waals surface area contributed by atoms with E-state index in [0.29, 0.717) is 24.0 Å². The highest BCUT2D eigenvalue weighted by Gasteiger charge is 2.27. The summed E-state index contributed by atoms with van der Waals surface area (Å²) in [5.74, 6) is 1.73. The Bertz CT molecular complexity index is 694. The Kier molecular flexibility index (Phi) is 4.85. The minimum Gasteiger partial charge on any atom is -0.441 e. The number of urea groups is 1. The fourth-order valence-electron chi connectivity index (χ4n) is 2.87. The van der Waals surface area contributed by atoms with Crippen molar-refractivity contribution in [2.75, 3.05) is 18.5 Å². The summed E-state index contributed by atoms with van der Waals surface area (Å²) in [7, 11) is 0. The van der Waals surface area contributed by atoms with Gasteiger partial charge in [0.2, 0.25) is 5.89 Å². The average molecular weight is 329 g/mol. The number of amides is 2. The molecule has 1 aromatic carbocycles. The first-order valence-electron chi connectivity index (χ1n) is 8.33. The van der Waals surface area contributed by atoms with Crippen molar-refractivity contribution in [2.45, 2.75) is 38.6 Å². The number of oxazole rings is 1. The molecule has 24 heavy (non-hydrogen) atoms. The van der Waals surface area contributed by atoms with E-state index < -0.39 is 0 Å². The maximum atomic E-state index is 12.3. The first-order valence-corrected chi connectivity index (χ1v) is 8.33. The molecule has 2 amide bonds. The quantitative estimate of drug-likeness (QED) is 0.900. The maximum Gasteiger partial charge on any atom is 0.322 e. The van der Waals surface area contributed by atoms with Crippen LogP contribution >= 0.6 is 0 Å². The Morgan fingerprint density at radius 3 is 2.79 bits per heavy atom. The van der Waals surface area contributed by atoms with Gasteiger partial charge in [-0.05, 0) is 37.1 Å². The van der Waals surface area contributed by atoms with Crippen LogP contribution in [0, 0.1) is 0 Å². The predicted molar refractivity (Wildman–Crippen MR) is 91.9 cm³/mol. The standard InChI is InChI=1S/C18H23N3O3/c1-12(2)16-10-19-17(24-16)13-5-7-14(8-6-13)20-18(23)21-9-3-4-15(21)11-22/h5-8,10,12,15,22H,3-4,9,11H2,1-2H3,(H,20,23)/t15-/m0/s1. The summed E-state index contributed by atoms with van der Waals surface area (Å²) >= 11 is 0. The van der Waals surface area contributed by atoms with Gasteiger partial charge in [-0.25, -0.2) is 9.78 Å². The Morgan fingerprint density at radius 1 is 1.42 bits per heavy atom. The van der Waals surface area contributed by atoms with E-state index in [-0.39, 0.29) is 18.7 Å². The van der Waals surface area contributed by atoms with Crippen LogP contribution < -0.4 is 5.32 Å². The summed E-state index contributed by atoms with van der Waals surface area (Å²) in [5, 5.41) is 12.2. The third-order valence-corrected chi connectivity index (χ3v) is 4.32. The van der Waals surface area contributed by atoms with Crippen LogP contribution in [0.25, 0.3) is 11.5 Å². The Hall–Kier alpha value is -2.34. The molecule has 2 N–H and O–H groups in total. The lowest BCUT2D eigenvalue weighted by Crippen LogP contribution is -2.40. The number of nitrogens with one attached hydrogen (secondary N) is 1. The number of benzene rings is 1. The topological polar surface area (TPSA) is 78.6 Å². The summed E-state index contributed by atoms with van der Waals surface area (Å²) in [6.45, 7) is 4.81. The van der Waals surface area contributed by atoms with Crippen LogP contribution in [0.4, 0.5) is 10.5 Å². The van der Waals surface area contributed by atoms with Crippen LogP contribution in [0.5, 0.6) is 0 Å². The number of aliphatic hydroxyl groups excluding tert-OH is 1. The monoisotopic (exact) mass is 329 g/mol. The molecule has 1 aliphatic heterocycles. The number of aliphatic hydroxyl groups is 1. The minimum atomic E-state index is -0.169. The molecule has 2 aromatic rings. The van der Waals surface area contributed by atoms with Gasteiger partial charge in [0, 0.05) is 23.7 Å². The lowest BCUT2D eigenvalue weighted by atomic mass is 10.2. The molecule has 128 valence electrons. The number of carbonyl (C=O) groups is 1. The van der Waals surface area contributed by atoms with Crippen molar-refractivity contribution in [2.24, 2.45) is 0 Å². The maximum absolute atomic E-state index is 12.3. The highest BCUT2D eigenvalue weighted by atomic mass is 16.4. The second-order valence-corrected chi connectivity index (χ2v) is 6.40. The van der Waals surface area contributed by atoms with E-state index in [4.69, 9.17) is 4.42 Å². The molecule has 0 unspecified atom stereocenters. The number of carbonyl (C=O) groups excluding carboxylic acids is 1. The lowest BCUT2D eigenvalue weighted by molar-refractivity contribution is 0.166. The van der Waals surface area contributed by atoms with Gasteiger partial charge in [0.05, 0.1) is 18.8 Å². The van der Waals surface area contributed by atoms with Crippen LogP contribution in [0.15, 0.2) is 34.9 Å². The van der Waals surface area contributed by atoms with Crippen LogP contribution in [-0.2, 0) is 0 Å². The summed E-state index contributed by atoms with van der Waals surface area (Å²) in [6.07, 6.45) is 3.53. The van der Waals surface area contributed by atoms with E-state index >= 15 is 0 Å². The molecule has 3 rings (SSSR count). The molecule has 0 aliphatic carbocycles. The van der Waals surface area contributed by atoms with Crippen LogP contribution in [-0.4, -0.2) is 40.2 Å². The van der Waals surface area contributed by atoms with Gasteiger partial charge >= 0.3 is 6.03 Å². The van der Waals surface area contributed by atoms with Crippen molar-refractivity contribution in [3.05, 3.63) is 36.2 Å². The molecule has 1 aromatic heterocycles. The predicted octanol–water partition coefficient (Wildman–Crippen LogP) is 3.45.